The van der Waals surface area contributed by atoms with Crippen LogP contribution in [-0.2, 0) is 14.3 Å². The Morgan fingerprint density at radius 2 is 1.88 bits per heavy atom. The fourth-order valence-electron chi connectivity index (χ4n) is 3.81. The number of ether oxygens (including phenoxy) is 1. The molecule has 0 amide bonds. The first-order valence-electron chi connectivity index (χ1n) is 11.2. The first-order valence-corrected chi connectivity index (χ1v) is 11.2. The lowest BCUT2D eigenvalue weighted by Crippen LogP contribution is -2.52. The lowest BCUT2D eigenvalue weighted by molar-refractivity contribution is -0.158. The van der Waals surface area contributed by atoms with Crippen molar-refractivity contribution in [3.63, 3.8) is 0 Å². The molecule has 1 aliphatic rings. The molecule has 33 heavy (non-hydrogen) atoms. The molecule has 0 aromatic carbocycles. The highest BCUT2D eigenvalue weighted by Gasteiger charge is 2.33. The summed E-state index contributed by atoms with van der Waals surface area (Å²) in [4.78, 5) is 23.1. The van der Waals surface area contributed by atoms with Crippen LogP contribution in [0.3, 0.4) is 0 Å². The second-order valence-corrected chi connectivity index (χ2v) is 9.28. The van der Waals surface area contributed by atoms with Crippen LogP contribution in [0.1, 0.15) is 53.9 Å². The third-order valence-electron chi connectivity index (χ3n) is 5.83. The summed E-state index contributed by atoms with van der Waals surface area (Å²) in [5.74, 6) is -0.828. The summed E-state index contributed by atoms with van der Waals surface area (Å²) < 4.78 is 5.06. The first-order chi connectivity index (χ1) is 15.4. The summed E-state index contributed by atoms with van der Waals surface area (Å²) in [6.45, 7) is 9.67. The SMILES string of the molecule is CC(C=CC1=C(C)CCCC1(C)C)=CC=CC(C)=CC(=O)O[C@@H]([C@H](O)[C@H](O)CO)[C@@H](N)C=O. The average molecular weight is 462 g/mol. The Morgan fingerprint density at radius 1 is 1.21 bits per heavy atom. The minimum Gasteiger partial charge on any atom is -0.454 e. The molecule has 0 heterocycles. The van der Waals surface area contributed by atoms with Crippen LogP contribution >= 0.6 is 0 Å². The third kappa shape index (κ3) is 9.21. The summed E-state index contributed by atoms with van der Waals surface area (Å²) >= 11 is 0. The number of nitrogens with two attached hydrogens (primary N) is 1. The molecule has 7 heteroatoms. The van der Waals surface area contributed by atoms with Crippen LogP contribution in [0.25, 0.3) is 0 Å². The van der Waals surface area contributed by atoms with Crippen molar-refractivity contribution in [1.82, 2.24) is 0 Å². The molecule has 7 nitrogen and oxygen atoms in total. The Balaban J connectivity index is 2.81. The molecule has 1 aliphatic carbocycles. The molecule has 1 rings (SSSR count). The van der Waals surface area contributed by atoms with Gasteiger partial charge in [0.1, 0.15) is 24.5 Å². The van der Waals surface area contributed by atoms with E-state index in [1.165, 1.54) is 30.1 Å². The van der Waals surface area contributed by atoms with E-state index in [9.17, 15) is 19.8 Å². The van der Waals surface area contributed by atoms with Crippen molar-refractivity contribution < 1.29 is 29.6 Å². The van der Waals surface area contributed by atoms with Gasteiger partial charge >= 0.3 is 5.97 Å². The van der Waals surface area contributed by atoms with Gasteiger partial charge in [-0.05, 0) is 56.6 Å². The maximum Gasteiger partial charge on any atom is 0.331 e. The Hall–Kier alpha value is -2.32. The number of carbonyl (C=O) groups is 2. The van der Waals surface area contributed by atoms with Crippen LogP contribution in [0.5, 0.6) is 0 Å². The fourth-order valence-corrected chi connectivity index (χ4v) is 3.81. The first kappa shape index (κ1) is 28.7. The number of allylic oxidation sites excluding steroid dienone is 9. The largest absolute Gasteiger partial charge is 0.454 e. The highest BCUT2D eigenvalue weighted by molar-refractivity contribution is 5.83. The van der Waals surface area contributed by atoms with Crippen LogP contribution in [0.4, 0.5) is 0 Å². The second-order valence-electron chi connectivity index (χ2n) is 9.28. The van der Waals surface area contributed by atoms with Gasteiger partial charge in [0.2, 0.25) is 0 Å². The predicted molar refractivity (Wildman–Crippen MR) is 129 cm³/mol. The number of hydrogen-bond acceptors (Lipinski definition) is 7. The van der Waals surface area contributed by atoms with E-state index in [1.807, 2.05) is 19.1 Å². The number of rotatable bonds is 11. The van der Waals surface area contributed by atoms with Crippen molar-refractivity contribution in [1.29, 1.82) is 0 Å². The van der Waals surface area contributed by atoms with Crippen LogP contribution in [0.2, 0.25) is 0 Å². The van der Waals surface area contributed by atoms with E-state index in [0.29, 0.717) is 11.9 Å². The number of hydrogen-bond donors (Lipinski definition) is 4. The smallest absolute Gasteiger partial charge is 0.331 e. The van der Waals surface area contributed by atoms with Crippen molar-refractivity contribution in [2.45, 2.75) is 78.2 Å². The molecular weight excluding hydrogens is 422 g/mol. The van der Waals surface area contributed by atoms with Gasteiger partial charge in [0.15, 0.2) is 6.10 Å². The Morgan fingerprint density at radius 3 is 2.45 bits per heavy atom. The van der Waals surface area contributed by atoms with E-state index in [2.05, 4.69) is 32.9 Å². The van der Waals surface area contributed by atoms with Gasteiger partial charge in [-0.1, -0.05) is 55.4 Å². The lowest BCUT2D eigenvalue weighted by atomic mass is 9.72. The van der Waals surface area contributed by atoms with Crippen molar-refractivity contribution in [2.24, 2.45) is 11.1 Å². The molecule has 0 spiro atoms. The number of aliphatic hydroxyl groups excluding tert-OH is 3. The molecule has 0 aromatic heterocycles. The van der Waals surface area contributed by atoms with E-state index in [-0.39, 0.29) is 5.41 Å². The molecule has 0 aliphatic heterocycles. The predicted octanol–water partition coefficient (Wildman–Crippen LogP) is 2.67. The van der Waals surface area contributed by atoms with E-state index < -0.39 is 36.9 Å². The summed E-state index contributed by atoms with van der Waals surface area (Å²) in [6.07, 6.45) is 9.99. The Bertz CT molecular complexity index is 834. The molecule has 0 aromatic rings. The summed E-state index contributed by atoms with van der Waals surface area (Å²) in [6, 6.07) is -1.35. The zero-order valence-corrected chi connectivity index (χ0v) is 20.3. The number of esters is 1. The van der Waals surface area contributed by atoms with Crippen molar-refractivity contribution in [3.8, 4) is 0 Å². The summed E-state index contributed by atoms with van der Waals surface area (Å²) in [7, 11) is 0. The topological polar surface area (TPSA) is 130 Å². The van der Waals surface area contributed by atoms with Gasteiger partial charge in [0, 0.05) is 6.08 Å². The second kappa shape index (κ2) is 13.4. The van der Waals surface area contributed by atoms with Crippen LogP contribution in [-0.4, -0.2) is 58.5 Å². The molecule has 0 saturated heterocycles. The van der Waals surface area contributed by atoms with Gasteiger partial charge in [-0.25, -0.2) is 4.79 Å². The maximum atomic E-state index is 12.2. The standard InChI is InChI=1S/C26H39NO6/c1-17(11-12-20-19(3)10-7-13-26(20,4)5)8-6-9-18(2)14-23(31)33-25(21(27)15-28)24(32)22(30)16-29/h6,8-9,11-12,14-15,21-22,24-25,29-30,32H,7,10,13,16,27H2,1-5H3/t21-,22+,24+,25+/m0/s1. The average Bonchev–Trinajstić information content (AvgIpc) is 2.74. The molecule has 4 atom stereocenters. The maximum absolute atomic E-state index is 12.2. The van der Waals surface area contributed by atoms with Gasteiger partial charge in [0.05, 0.1) is 6.61 Å². The molecular formula is C26H39NO6. The zero-order valence-electron chi connectivity index (χ0n) is 20.3. The zero-order chi connectivity index (χ0) is 25.2. The minimum atomic E-state index is -1.70. The molecule has 0 unspecified atom stereocenters. The van der Waals surface area contributed by atoms with Crippen molar-refractivity contribution >= 4 is 12.3 Å². The van der Waals surface area contributed by atoms with Crippen LogP contribution in [0, 0.1) is 5.41 Å². The highest BCUT2D eigenvalue weighted by atomic mass is 16.6. The van der Waals surface area contributed by atoms with Gasteiger partial charge in [-0.2, -0.15) is 0 Å². The summed E-state index contributed by atoms with van der Waals surface area (Å²) in [5.41, 5.74) is 10.2. The molecule has 184 valence electrons. The van der Waals surface area contributed by atoms with E-state index in [4.69, 9.17) is 15.6 Å². The van der Waals surface area contributed by atoms with Gasteiger partial charge in [0.25, 0.3) is 0 Å². The van der Waals surface area contributed by atoms with Crippen molar-refractivity contribution in [2.75, 3.05) is 6.61 Å². The lowest BCUT2D eigenvalue weighted by Gasteiger charge is -2.32. The number of carbonyl (C=O) groups excluding carboxylic acids is 2. The van der Waals surface area contributed by atoms with E-state index >= 15 is 0 Å². The quantitative estimate of drug-likeness (QED) is 0.161. The van der Waals surface area contributed by atoms with Crippen molar-refractivity contribution in [3.05, 3.63) is 58.7 Å². The molecule has 0 bridgehead atoms. The van der Waals surface area contributed by atoms with Gasteiger partial charge < -0.3 is 30.6 Å². The molecule has 0 fully saturated rings. The number of aldehydes is 1. The molecule has 5 N–H and O–H groups in total. The van der Waals surface area contributed by atoms with E-state index in [1.54, 1.807) is 13.0 Å². The number of aliphatic hydroxyl groups is 3. The third-order valence-corrected chi connectivity index (χ3v) is 5.83. The van der Waals surface area contributed by atoms with Gasteiger partial charge in [-0.15, -0.1) is 0 Å². The monoisotopic (exact) mass is 461 g/mol. The molecule has 0 saturated carbocycles. The van der Waals surface area contributed by atoms with Gasteiger partial charge in [-0.3, -0.25) is 0 Å². The Kier molecular flexibility index (Phi) is 11.7. The molecule has 0 radical (unpaired) electrons. The van der Waals surface area contributed by atoms with Crippen LogP contribution in [0.15, 0.2) is 58.7 Å². The summed E-state index contributed by atoms with van der Waals surface area (Å²) in [5, 5.41) is 28.5. The minimum absolute atomic E-state index is 0.180. The van der Waals surface area contributed by atoms with Crippen LogP contribution < -0.4 is 5.73 Å². The Labute approximate surface area is 197 Å². The highest BCUT2D eigenvalue weighted by Crippen LogP contribution is 2.40. The fraction of sp³-hybridized carbons (Fsp3) is 0.538. The van der Waals surface area contributed by atoms with E-state index in [0.717, 1.165) is 12.0 Å². The normalized spacial score (nSPS) is 21.2.